The Morgan fingerprint density at radius 1 is 1.36 bits per heavy atom. The second-order valence-corrected chi connectivity index (χ2v) is 6.05. The molecule has 3 heterocycles. The van der Waals surface area contributed by atoms with Crippen molar-refractivity contribution in [2.75, 3.05) is 0 Å². The average Bonchev–Trinajstić information content (AvgIpc) is 2.82. The summed E-state index contributed by atoms with van der Waals surface area (Å²) in [6.07, 6.45) is 10.7. The number of H-pyrrole nitrogens is 1. The Morgan fingerprint density at radius 3 is 2.82 bits per heavy atom. The number of terminal acetylenes is 1. The van der Waals surface area contributed by atoms with Gasteiger partial charge in [-0.2, -0.15) is 0 Å². The van der Waals surface area contributed by atoms with Gasteiger partial charge in [-0.3, -0.25) is 0 Å². The van der Waals surface area contributed by atoms with E-state index in [1.807, 2.05) is 33.0 Å². The van der Waals surface area contributed by atoms with E-state index in [9.17, 15) is 4.79 Å². The summed E-state index contributed by atoms with van der Waals surface area (Å²) in [7, 11) is 0. The van der Waals surface area contributed by atoms with Crippen molar-refractivity contribution in [2.45, 2.75) is 26.4 Å². The van der Waals surface area contributed by atoms with E-state index in [4.69, 9.17) is 11.2 Å². The lowest BCUT2D eigenvalue weighted by molar-refractivity contribution is -0.581. The van der Waals surface area contributed by atoms with E-state index in [2.05, 4.69) is 16.0 Å². The number of aromatic nitrogens is 3. The molecule has 0 fully saturated rings. The molecule has 0 saturated heterocycles. The zero-order valence-electron chi connectivity index (χ0n) is 12.7. The second-order valence-electron chi connectivity index (χ2n) is 6.05. The summed E-state index contributed by atoms with van der Waals surface area (Å²) >= 11 is 0. The van der Waals surface area contributed by atoms with Gasteiger partial charge in [0.2, 0.25) is 6.04 Å². The molecule has 3 aromatic heterocycles. The van der Waals surface area contributed by atoms with Gasteiger partial charge in [-0.25, -0.2) is 9.78 Å². The lowest BCUT2D eigenvalue weighted by atomic mass is 10.2. The lowest BCUT2D eigenvalue weighted by Crippen LogP contribution is -2.25. The molecule has 0 aliphatic carbocycles. The number of hydrogen-bond donors (Lipinski definition) is 1. The largest absolute Gasteiger partial charge is 0.455 e. The average molecular weight is 294 g/mol. The van der Waals surface area contributed by atoms with Gasteiger partial charge in [0.25, 0.3) is 0 Å². The molecule has 0 spiro atoms. The van der Waals surface area contributed by atoms with Gasteiger partial charge in [0.15, 0.2) is 12.4 Å². The highest BCUT2D eigenvalue weighted by Crippen LogP contribution is 2.24. The Balaban J connectivity index is 2.14. The minimum Gasteiger partial charge on any atom is -0.455 e. The maximum atomic E-state index is 12.2. The number of nitrogens with one attached hydrogen (secondary N) is 1. The van der Waals surface area contributed by atoms with E-state index in [0.717, 1.165) is 21.8 Å². The quantitative estimate of drug-likeness (QED) is 0.426. The van der Waals surface area contributed by atoms with E-state index < -0.39 is 11.6 Å². The van der Waals surface area contributed by atoms with Crippen LogP contribution in [0, 0.1) is 12.5 Å². The number of aromatic amines is 1. The molecule has 0 aliphatic heterocycles. The van der Waals surface area contributed by atoms with Gasteiger partial charge in [-0.1, -0.05) is 0 Å². The number of carbonyl (C=O) groups excluding carboxylic acids is 1. The Hall–Kier alpha value is -2.87. The zero-order valence-corrected chi connectivity index (χ0v) is 12.7. The number of esters is 1. The predicted octanol–water partition coefficient (Wildman–Crippen LogP) is 2.40. The van der Waals surface area contributed by atoms with Crippen molar-refractivity contribution in [1.82, 2.24) is 9.97 Å². The second kappa shape index (κ2) is 4.85. The number of carbonyl (C=O) groups is 1. The van der Waals surface area contributed by atoms with Crippen LogP contribution in [0.2, 0.25) is 0 Å². The summed E-state index contributed by atoms with van der Waals surface area (Å²) in [5.41, 5.74) is 1.50. The first-order chi connectivity index (χ1) is 10.4. The van der Waals surface area contributed by atoms with Crippen molar-refractivity contribution in [1.29, 1.82) is 0 Å². The minimum absolute atomic E-state index is 0.277. The number of rotatable bonds is 1. The van der Waals surface area contributed by atoms with Gasteiger partial charge in [0.05, 0.1) is 22.6 Å². The molecule has 0 bridgehead atoms. The minimum atomic E-state index is -0.555. The summed E-state index contributed by atoms with van der Waals surface area (Å²) < 4.78 is 6.99. The molecule has 22 heavy (non-hydrogen) atoms. The van der Waals surface area contributed by atoms with Gasteiger partial charge in [0.1, 0.15) is 11.3 Å². The Kier molecular flexibility index (Phi) is 3.10. The molecule has 5 nitrogen and oxygen atoms in total. The maximum absolute atomic E-state index is 12.2. The summed E-state index contributed by atoms with van der Waals surface area (Å²) in [5, 5.41) is 1.82. The van der Waals surface area contributed by atoms with Crippen molar-refractivity contribution < 1.29 is 14.1 Å². The van der Waals surface area contributed by atoms with Crippen LogP contribution >= 0.6 is 0 Å². The number of hydrogen-bond acceptors (Lipinski definition) is 3. The van der Waals surface area contributed by atoms with Gasteiger partial charge in [-0.15, -0.1) is 4.57 Å². The van der Waals surface area contributed by atoms with E-state index in [1.165, 1.54) is 0 Å². The van der Waals surface area contributed by atoms with Crippen molar-refractivity contribution in [3.05, 3.63) is 36.4 Å². The number of ether oxygens (including phenoxy) is 1. The molecule has 5 heteroatoms. The summed E-state index contributed by atoms with van der Waals surface area (Å²) in [6.45, 7) is 5.47. The number of nitrogens with zero attached hydrogens (tertiary/aromatic N) is 2. The van der Waals surface area contributed by atoms with Crippen LogP contribution in [-0.2, 0) is 4.74 Å². The van der Waals surface area contributed by atoms with Crippen LogP contribution in [0.3, 0.4) is 0 Å². The fourth-order valence-electron chi connectivity index (χ4n) is 2.27. The Bertz CT molecular complexity index is 927. The highest BCUT2D eigenvalue weighted by Gasteiger charge is 2.20. The first-order valence-electron chi connectivity index (χ1n) is 6.90. The molecule has 3 aromatic rings. The summed E-state index contributed by atoms with van der Waals surface area (Å²) in [4.78, 5) is 19.6. The smallest absolute Gasteiger partial charge is 0.357 e. The standard InChI is InChI=1S/C17H15N3O2/c1-5-20-7-6-13-12(10-20)11-8-14(18-9-15(11)19-13)16(21)22-17(2,3)4/h1,6-10H,2-4H3/p+1. The van der Waals surface area contributed by atoms with Crippen LogP contribution in [-0.4, -0.2) is 21.5 Å². The molecule has 0 radical (unpaired) electrons. The SMILES string of the molecule is C#C[n+]1ccc2[nH]c3cnc(C(=O)OC(C)(C)C)cc3c2c1. The maximum Gasteiger partial charge on any atom is 0.357 e. The molecule has 1 N–H and O–H groups in total. The fraction of sp³-hybridized carbons (Fsp3) is 0.235. The van der Waals surface area contributed by atoms with Gasteiger partial charge < -0.3 is 9.72 Å². The van der Waals surface area contributed by atoms with Gasteiger partial charge >= 0.3 is 5.97 Å². The van der Waals surface area contributed by atoms with Crippen LogP contribution < -0.4 is 4.57 Å². The van der Waals surface area contributed by atoms with Crippen LogP contribution in [0.25, 0.3) is 21.8 Å². The highest BCUT2D eigenvalue weighted by atomic mass is 16.6. The molecule has 0 atom stereocenters. The molecule has 110 valence electrons. The van der Waals surface area contributed by atoms with Crippen LogP contribution in [0.15, 0.2) is 30.7 Å². The van der Waals surface area contributed by atoms with Gasteiger partial charge in [0, 0.05) is 11.5 Å². The lowest BCUT2D eigenvalue weighted by Gasteiger charge is -2.18. The van der Waals surface area contributed by atoms with E-state index >= 15 is 0 Å². The molecule has 3 rings (SSSR count). The summed E-state index contributed by atoms with van der Waals surface area (Å²) in [6, 6.07) is 6.15. The number of pyridine rings is 2. The summed E-state index contributed by atoms with van der Waals surface area (Å²) in [5.74, 6) is -0.440. The van der Waals surface area contributed by atoms with Crippen LogP contribution in [0.4, 0.5) is 0 Å². The van der Waals surface area contributed by atoms with Crippen molar-refractivity contribution in [2.24, 2.45) is 0 Å². The topological polar surface area (TPSA) is 58.9 Å². The highest BCUT2D eigenvalue weighted by molar-refractivity contribution is 6.08. The molecule has 0 aliphatic rings. The van der Waals surface area contributed by atoms with E-state index in [0.29, 0.717) is 0 Å². The molecule has 0 amide bonds. The fourth-order valence-corrected chi connectivity index (χ4v) is 2.27. The third kappa shape index (κ3) is 2.51. The molecule has 0 aromatic carbocycles. The monoisotopic (exact) mass is 294 g/mol. The first-order valence-corrected chi connectivity index (χ1v) is 6.90. The van der Waals surface area contributed by atoms with E-state index in [-0.39, 0.29) is 5.69 Å². The molecule has 0 unspecified atom stereocenters. The third-order valence-corrected chi connectivity index (χ3v) is 3.18. The van der Waals surface area contributed by atoms with Crippen molar-refractivity contribution >= 4 is 27.8 Å². The zero-order chi connectivity index (χ0) is 15.9. The van der Waals surface area contributed by atoms with Crippen LogP contribution in [0.5, 0.6) is 0 Å². The van der Waals surface area contributed by atoms with E-state index in [1.54, 1.807) is 23.0 Å². The normalized spacial score (nSPS) is 11.5. The number of fused-ring (bicyclic) bond motifs is 3. The molecular formula is C17H16N3O2+. The molecular weight excluding hydrogens is 278 g/mol. The Morgan fingerprint density at radius 2 is 2.14 bits per heavy atom. The van der Waals surface area contributed by atoms with Crippen molar-refractivity contribution in [3.63, 3.8) is 0 Å². The van der Waals surface area contributed by atoms with Crippen molar-refractivity contribution in [3.8, 4) is 12.5 Å². The molecule has 0 saturated carbocycles. The Labute approximate surface area is 127 Å². The van der Waals surface area contributed by atoms with Gasteiger partial charge in [-0.05, 0) is 33.3 Å². The predicted molar refractivity (Wildman–Crippen MR) is 83.2 cm³/mol. The third-order valence-electron chi connectivity index (χ3n) is 3.18. The first kappa shape index (κ1) is 14.1. The van der Waals surface area contributed by atoms with Crippen LogP contribution in [0.1, 0.15) is 31.3 Å².